The van der Waals surface area contributed by atoms with Gasteiger partial charge in [-0.25, -0.2) is 5.01 Å². The predicted octanol–water partition coefficient (Wildman–Crippen LogP) is 3.26. The Hall–Kier alpha value is -2.45. The molecule has 29 heavy (non-hydrogen) atoms. The Morgan fingerprint density at radius 1 is 1.31 bits per heavy atom. The molecule has 1 N–H and O–H groups in total. The van der Waals surface area contributed by atoms with Crippen molar-refractivity contribution in [1.29, 1.82) is 0 Å². The number of amides is 2. The standard InChI is InChI=1S/C21H28N4O3S/c1-5-24(13-19(26)22-21(2,3)4)14-20(27)25-16(17-8-6-10-28-17)12-15(23-25)18-9-7-11-29-18/h6-11,16H,5,12-14H2,1-4H3,(H,22,26). The quantitative estimate of drug-likeness (QED) is 0.752. The van der Waals surface area contributed by atoms with Crippen LogP contribution in [0, 0.1) is 0 Å². The van der Waals surface area contributed by atoms with Crippen LogP contribution in [0.1, 0.15) is 50.8 Å². The average molecular weight is 417 g/mol. The summed E-state index contributed by atoms with van der Waals surface area (Å²) in [7, 11) is 0. The molecule has 7 nitrogen and oxygen atoms in total. The number of hydrogen-bond acceptors (Lipinski definition) is 6. The van der Waals surface area contributed by atoms with Crippen molar-refractivity contribution in [3.63, 3.8) is 0 Å². The number of hydrazone groups is 1. The van der Waals surface area contributed by atoms with Crippen molar-refractivity contribution >= 4 is 28.9 Å². The van der Waals surface area contributed by atoms with E-state index in [1.807, 2.05) is 62.2 Å². The van der Waals surface area contributed by atoms with E-state index in [0.717, 1.165) is 10.6 Å². The van der Waals surface area contributed by atoms with Crippen molar-refractivity contribution < 1.29 is 14.0 Å². The first kappa shape index (κ1) is 21.3. The van der Waals surface area contributed by atoms with E-state index in [-0.39, 0.29) is 36.5 Å². The van der Waals surface area contributed by atoms with E-state index >= 15 is 0 Å². The molecule has 1 atom stereocenters. The molecule has 0 bridgehead atoms. The Morgan fingerprint density at radius 3 is 2.69 bits per heavy atom. The fourth-order valence-corrected chi connectivity index (χ4v) is 3.96. The molecule has 2 aromatic heterocycles. The number of furan rings is 1. The lowest BCUT2D eigenvalue weighted by Crippen LogP contribution is -2.48. The Balaban J connectivity index is 1.72. The molecule has 0 saturated carbocycles. The molecule has 0 radical (unpaired) electrons. The third-order valence-electron chi connectivity index (χ3n) is 4.53. The Bertz CT molecular complexity index is 853. The number of rotatable bonds is 7. The molecule has 8 heteroatoms. The molecule has 0 saturated heterocycles. The molecule has 1 aliphatic rings. The topological polar surface area (TPSA) is 78.2 Å². The van der Waals surface area contributed by atoms with E-state index < -0.39 is 0 Å². The number of likely N-dealkylation sites (N-methyl/N-ethyl adjacent to an activating group) is 1. The minimum atomic E-state index is -0.306. The van der Waals surface area contributed by atoms with Crippen molar-refractivity contribution in [3.05, 3.63) is 46.5 Å². The molecular formula is C21H28N4O3S. The Labute approximate surface area is 175 Å². The van der Waals surface area contributed by atoms with Crippen LogP contribution in [-0.4, -0.2) is 52.6 Å². The predicted molar refractivity (Wildman–Crippen MR) is 114 cm³/mol. The van der Waals surface area contributed by atoms with Gasteiger partial charge in [-0.05, 0) is 50.9 Å². The summed E-state index contributed by atoms with van der Waals surface area (Å²) in [6, 6.07) is 7.40. The zero-order valence-electron chi connectivity index (χ0n) is 17.3. The highest BCUT2D eigenvalue weighted by atomic mass is 32.1. The van der Waals surface area contributed by atoms with Crippen LogP contribution >= 0.6 is 11.3 Å². The highest BCUT2D eigenvalue weighted by Crippen LogP contribution is 2.34. The van der Waals surface area contributed by atoms with Crippen LogP contribution < -0.4 is 5.32 Å². The van der Waals surface area contributed by atoms with Crippen LogP contribution in [-0.2, 0) is 9.59 Å². The van der Waals surface area contributed by atoms with Crippen molar-refractivity contribution in [3.8, 4) is 0 Å². The number of carbonyl (C=O) groups excluding carboxylic acids is 2. The van der Waals surface area contributed by atoms with E-state index in [1.165, 1.54) is 5.01 Å². The smallest absolute Gasteiger partial charge is 0.257 e. The molecule has 0 aromatic carbocycles. The van der Waals surface area contributed by atoms with Gasteiger partial charge in [-0.2, -0.15) is 5.10 Å². The first-order valence-electron chi connectivity index (χ1n) is 9.77. The molecule has 3 rings (SSSR count). The second kappa shape index (κ2) is 8.92. The zero-order valence-corrected chi connectivity index (χ0v) is 18.2. The highest BCUT2D eigenvalue weighted by molar-refractivity contribution is 7.12. The van der Waals surface area contributed by atoms with Crippen molar-refractivity contribution in [2.45, 2.75) is 45.7 Å². The highest BCUT2D eigenvalue weighted by Gasteiger charge is 2.35. The second-order valence-electron chi connectivity index (χ2n) is 8.10. The fraction of sp³-hybridized carbons (Fsp3) is 0.476. The van der Waals surface area contributed by atoms with Crippen LogP contribution in [0.4, 0.5) is 0 Å². The van der Waals surface area contributed by atoms with Gasteiger partial charge in [-0.3, -0.25) is 14.5 Å². The normalized spacial score (nSPS) is 16.9. The maximum atomic E-state index is 13.1. The molecule has 0 fully saturated rings. The molecule has 3 heterocycles. The lowest BCUT2D eigenvalue weighted by Gasteiger charge is -2.26. The van der Waals surface area contributed by atoms with Crippen LogP contribution in [0.3, 0.4) is 0 Å². The van der Waals surface area contributed by atoms with Crippen molar-refractivity contribution in [2.24, 2.45) is 5.10 Å². The van der Waals surface area contributed by atoms with Crippen LogP contribution in [0.5, 0.6) is 0 Å². The summed E-state index contributed by atoms with van der Waals surface area (Å²) in [4.78, 5) is 28.3. The van der Waals surface area contributed by atoms with Gasteiger partial charge in [-0.15, -0.1) is 11.3 Å². The number of carbonyl (C=O) groups is 2. The van der Waals surface area contributed by atoms with E-state index in [1.54, 1.807) is 17.6 Å². The minimum Gasteiger partial charge on any atom is -0.467 e. The molecule has 0 aliphatic carbocycles. The first-order chi connectivity index (χ1) is 13.8. The van der Waals surface area contributed by atoms with Gasteiger partial charge in [0.2, 0.25) is 5.91 Å². The van der Waals surface area contributed by atoms with E-state index in [0.29, 0.717) is 18.7 Å². The molecule has 2 amide bonds. The van der Waals surface area contributed by atoms with Gasteiger partial charge in [0, 0.05) is 12.0 Å². The summed E-state index contributed by atoms with van der Waals surface area (Å²) in [5.41, 5.74) is 0.572. The van der Waals surface area contributed by atoms with E-state index in [4.69, 9.17) is 4.42 Å². The van der Waals surface area contributed by atoms with Gasteiger partial charge in [0.25, 0.3) is 5.91 Å². The zero-order chi connectivity index (χ0) is 21.0. The third-order valence-corrected chi connectivity index (χ3v) is 5.45. The van der Waals surface area contributed by atoms with Crippen LogP contribution in [0.2, 0.25) is 0 Å². The van der Waals surface area contributed by atoms with Gasteiger partial charge >= 0.3 is 0 Å². The van der Waals surface area contributed by atoms with E-state index in [9.17, 15) is 9.59 Å². The summed E-state index contributed by atoms with van der Waals surface area (Å²) in [5, 5.41) is 11.1. The maximum Gasteiger partial charge on any atom is 0.257 e. The van der Waals surface area contributed by atoms with E-state index in [2.05, 4.69) is 10.4 Å². The van der Waals surface area contributed by atoms with Gasteiger partial charge in [0.05, 0.1) is 29.9 Å². The summed E-state index contributed by atoms with van der Waals surface area (Å²) in [5.74, 6) is 0.462. The summed E-state index contributed by atoms with van der Waals surface area (Å²) in [6.45, 7) is 8.62. The summed E-state index contributed by atoms with van der Waals surface area (Å²) >= 11 is 1.60. The monoisotopic (exact) mass is 416 g/mol. The van der Waals surface area contributed by atoms with Crippen LogP contribution in [0.25, 0.3) is 0 Å². The lowest BCUT2D eigenvalue weighted by atomic mass is 10.1. The van der Waals surface area contributed by atoms with Crippen molar-refractivity contribution in [1.82, 2.24) is 15.2 Å². The number of nitrogens with one attached hydrogen (secondary N) is 1. The summed E-state index contributed by atoms with van der Waals surface area (Å²) < 4.78 is 5.57. The molecule has 156 valence electrons. The number of hydrogen-bond donors (Lipinski definition) is 1. The Kier molecular flexibility index (Phi) is 6.54. The summed E-state index contributed by atoms with van der Waals surface area (Å²) in [6.07, 6.45) is 2.21. The van der Waals surface area contributed by atoms with Crippen LogP contribution in [0.15, 0.2) is 45.4 Å². The maximum absolute atomic E-state index is 13.1. The van der Waals surface area contributed by atoms with Gasteiger partial charge < -0.3 is 9.73 Å². The number of nitrogens with zero attached hydrogens (tertiary/aromatic N) is 3. The van der Waals surface area contributed by atoms with Gasteiger partial charge in [-0.1, -0.05) is 13.0 Å². The number of thiophene rings is 1. The SMILES string of the molecule is CCN(CC(=O)NC(C)(C)C)CC(=O)N1N=C(c2cccs2)CC1c1ccco1. The lowest BCUT2D eigenvalue weighted by molar-refractivity contribution is -0.135. The molecule has 0 spiro atoms. The minimum absolute atomic E-state index is 0.0982. The molecule has 2 aromatic rings. The fourth-order valence-electron chi connectivity index (χ4n) is 3.24. The largest absolute Gasteiger partial charge is 0.467 e. The Morgan fingerprint density at radius 2 is 2.10 bits per heavy atom. The second-order valence-corrected chi connectivity index (χ2v) is 9.05. The van der Waals surface area contributed by atoms with Crippen molar-refractivity contribution in [2.75, 3.05) is 19.6 Å². The molecule has 1 unspecified atom stereocenters. The van der Waals surface area contributed by atoms with Gasteiger partial charge in [0.15, 0.2) is 0 Å². The average Bonchev–Trinajstić information content (AvgIpc) is 3.39. The molecule has 1 aliphatic heterocycles. The third kappa shape index (κ3) is 5.55. The first-order valence-corrected chi connectivity index (χ1v) is 10.6. The molecular weight excluding hydrogens is 388 g/mol. The van der Waals surface area contributed by atoms with Gasteiger partial charge in [0.1, 0.15) is 11.8 Å².